The predicted octanol–water partition coefficient (Wildman–Crippen LogP) is 4.05. The van der Waals surface area contributed by atoms with Crippen LogP contribution in [0.5, 0.6) is 0 Å². The van der Waals surface area contributed by atoms with Gasteiger partial charge in [0, 0.05) is 13.1 Å². The number of urea groups is 1. The van der Waals surface area contributed by atoms with Crippen LogP contribution < -0.4 is 10.6 Å². The van der Waals surface area contributed by atoms with Crippen molar-refractivity contribution in [1.29, 1.82) is 0 Å². The third kappa shape index (κ3) is 4.52. The molecule has 9 heteroatoms. The Bertz CT molecular complexity index is 1110. The van der Waals surface area contributed by atoms with Crippen LogP contribution in [0.3, 0.4) is 0 Å². The molecule has 2 aromatic carbocycles. The van der Waals surface area contributed by atoms with Crippen LogP contribution in [0, 0.1) is 11.8 Å². The summed E-state index contributed by atoms with van der Waals surface area (Å²) in [5.74, 6) is -1.06. The number of fused-ring (bicyclic) bond motifs is 1. The maximum Gasteiger partial charge on any atom is 0.322 e. The SMILES string of the molecule is O=C1NC(=O)C(CC(COCc2ccccc2)C(=O)N2Cc3cc(Cl)c(Cl)cc3C2)(C2CC2)N1. The molecule has 2 aromatic rings. The van der Waals surface area contributed by atoms with Gasteiger partial charge < -0.3 is 15.0 Å². The molecule has 4 amide bonds. The normalized spacial score (nSPS) is 22.4. The molecular formula is C25H25Cl2N3O4. The summed E-state index contributed by atoms with van der Waals surface area (Å²) in [6.07, 6.45) is 1.87. The fourth-order valence-electron chi connectivity index (χ4n) is 4.98. The van der Waals surface area contributed by atoms with E-state index in [1.54, 1.807) is 17.0 Å². The summed E-state index contributed by atoms with van der Waals surface area (Å²) < 4.78 is 5.96. The summed E-state index contributed by atoms with van der Waals surface area (Å²) in [6, 6.07) is 12.8. The molecule has 2 fully saturated rings. The van der Waals surface area contributed by atoms with Gasteiger partial charge in [0.2, 0.25) is 5.91 Å². The molecule has 1 aliphatic carbocycles. The summed E-state index contributed by atoms with van der Waals surface area (Å²) >= 11 is 12.3. The van der Waals surface area contributed by atoms with E-state index in [4.69, 9.17) is 27.9 Å². The third-order valence-electron chi connectivity index (χ3n) is 6.87. The first-order chi connectivity index (χ1) is 16.4. The lowest BCUT2D eigenvalue weighted by Crippen LogP contribution is -2.52. The van der Waals surface area contributed by atoms with Gasteiger partial charge in [-0.3, -0.25) is 14.9 Å². The monoisotopic (exact) mass is 501 g/mol. The van der Waals surface area contributed by atoms with Crippen molar-refractivity contribution in [3.8, 4) is 0 Å². The Kier molecular flexibility index (Phi) is 6.27. The molecule has 2 N–H and O–H groups in total. The molecule has 34 heavy (non-hydrogen) atoms. The van der Waals surface area contributed by atoms with Crippen molar-refractivity contribution in [1.82, 2.24) is 15.5 Å². The third-order valence-corrected chi connectivity index (χ3v) is 7.59. The Morgan fingerprint density at radius 1 is 1.09 bits per heavy atom. The second-order valence-corrected chi connectivity index (χ2v) is 10.1. The lowest BCUT2D eigenvalue weighted by atomic mass is 9.82. The molecule has 5 rings (SSSR count). The Morgan fingerprint density at radius 2 is 1.74 bits per heavy atom. The van der Waals surface area contributed by atoms with Crippen molar-refractivity contribution in [3.63, 3.8) is 0 Å². The van der Waals surface area contributed by atoms with E-state index in [-0.39, 0.29) is 30.8 Å². The molecule has 1 saturated heterocycles. The highest BCUT2D eigenvalue weighted by Crippen LogP contribution is 2.45. The number of benzene rings is 2. The first kappa shape index (κ1) is 23.1. The zero-order chi connectivity index (χ0) is 23.9. The second-order valence-electron chi connectivity index (χ2n) is 9.28. The number of hydrogen-bond acceptors (Lipinski definition) is 4. The second kappa shape index (κ2) is 9.21. The van der Waals surface area contributed by atoms with Crippen LogP contribution in [0.2, 0.25) is 10.0 Å². The first-order valence-corrected chi connectivity index (χ1v) is 12.1. The molecule has 1 saturated carbocycles. The smallest absolute Gasteiger partial charge is 0.322 e. The molecule has 0 bridgehead atoms. The van der Waals surface area contributed by atoms with E-state index in [2.05, 4.69) is 10.6 Å². The molecule has 0 aromatic heterocycles. The number of ether oxygens (including phenoxy) is 1. The Hall–Kier alpha value is -2.61. The van der Waals surface area contributed by atoms with Gasteiger partial charge in [-0.2, -0.15) is 0 Å². The molecule has 2 atom stereocenters. The van der Waals surface area contributed by atoms with Gasteiger partial charge in [0.05, 0.1) is 29.2 Å². The average Bonchev–Trinajstić information content (AvgIpc) is 3.53. The van der Waals surface area contributed by atoms with Crippen molar-refractivity contribution >= 4 is 41.0 Å². The number of hydrogen-bond donors (Lipinski definition) is 2. The van der Waals surface area contributed by atoms with Crippen molar-refractivity contribution in [2.75, 3.05) is 6.61 Å². The molecule has 178 valence electrons. The minimum atomic E-state index is -1.08. The van der Waals surface area contributed by atoms with Crippen molar-refractivity contribution < 1.29 is 19.1 Å². The van der Waals surface area contributed by atoms with Crippen LogP contribution in [-0.4, -0.2) is 34.9 Å². The Balaban J connectivity index is 1.35. The van der Waals surface area contributed by atoms with E-state index < -0.39 is 17.5 Å². The van der Waals surface area contributed by atoms with E-state index in [0.717, 1.165) is 29.5 Å². The van der Waals surface area contributed by atoms with Gasteiger partial charge in [0.25, 0.3) is 5.91 Å². The van der Waals surface area contributed by atoms with E-state index in [9.17, 15) is 14.4 Å². The van der Waals surface area contributed by atoms with Crippen molar-refractivity contribution in [2.45, 2.75) is 44.5 Å². The number of nitrogens with zero attached hydrogens (tertiary/aromatic N) is 1. The van der Waals surface area contributed by atoms with Gasteiger partial charge in [-0.05, 0) is 54.0 Å². The number of rotatable bonds is 8. The van der Waals surface area contributed by atoms with Gasteiger partial charge in [-0.15, -0.1) is 0 Å². The van der Waals surface area contributed by atoms with E-state index in [1.165, 1.54) is 0 Å². The highest BCUT2D eigenvalue weighted by molar-refractivity contribution is 6.42. The molecule has 0 radical (unpaired) electrons. The molecular weight excluding hydrogens is 477 g/mol. The van der Waals surface area contributed by atoms with Gasteiger partial charge >= 0.3 is 6.03 Å². The topological polar surface area (TPSA) is 87.7 Å². The summed E-state index contributed by atoms with van der Waals surface area (Å²) in [5.41, 5.74) is 1.83. The fraction of sp³-hybridized carbons (Fsp3) is 0.400. The summed E-state index contributed by atoms with van der Waals surface area (Å²) in [5, 5.41) is 6.11. The lowest BCUT2D eigenvalue weighted by Gasteiger charge is -2.32. The van der Waals surface area contributed by atoms with Crippen molar-refractivity contribution in [2.24, 2.45) is 11.8 Å². The van der Waals surface area contributed by atoms with E-state index in [0.29, 0.717) is 29.7 Å². The van der Waals surface area contributed by atoms with Crippen LogP contribution in [0.4, 0.5) is 4.79 Å². The lowest BCUT2D eigenvalue weighted by molar-refractivity contribution is -0.140. The van der Waals surface area contributed by atoms with E-state index in [1.807, 2.05) is 30.3 Å². The predicted molar refractivity (Wildman–Crippen MR) is 127 cm³/mol. The molecule has 2 aliphatic heterocycles. The molecule has 2 heterocycles. The van der Waals surface area contributed by atoms with Crippen molar-refractivity contribution in [3.05, 3.63) is 69.2 Å². The zero-order valence-electron chi connectivity index (χ0n) is 18.5. The number of nitrogens with one attached hydrogen (secondary N) is 2. The van der Waals surface area contributed by atoms with Crippen LogP contribution in [0.15, 0.2) is 42.5 Å². The zero-order valence-corrected chi connectivity index (χ0v) is 20.0. The minimum Gasteiger partial charge on any atom is -0.376 e. The summed E-state index contributed by atoms with van der Waals surface area (Å²) in [7, 11) is 0. The molecule has 7 nitrogen and oxygen atoms in total. The number of amides is 4. The average molecular weight is 502 g/mol. The molecule has 3 aliphatic rings. The molecule has 0 spiro atoms. The van der Waals surface area contributed by atoms with Crippen LogP contribution >= 0.6 is 23.2 Å². The van der Waals surface area contributed by atoms with Gasteiger partial charge in [0.1, 0.15) is 5.54 Å². The number of halogens is 2. The largest absolute Gasteiger partial charge is 0.376 e. The Morgan fingerprint density at radius 3 is 2.29 bits per heavy atom. The first-order valence-electron chi connectivity index (χ1n) is 11.4. The van der Waals surface area contributed by atoms with Crippen LogP contribution in [-0.2, 0) is 34.0 Å². The highest BCUT2D eigenvalue weighted by atomic mass is 35.5. The quantitative estimate of drug-likeness (QED) is 0.534. The summed E-state index contributed by atoms with van der Waals surface area (Å²) in [6.45, 7) is 1.31. The van der Waals surface area contributed by atoms with Gasteiger partial charge in [-0.25, -0.2) is 4.79 Å². The Labute approximate surface area is 207 Å². The van der Waals surface area contributed by atoms with Crippen LogP contribution in [0.1, 0.15) is 36.0 Å². The minimum absolute atomic E-state index is 0.0248. The fourth-order valence-corrected chi connectivity index (χ4v) is 5.36. The standard InChI is InChI=1S/C25H25Cl2N3O4/c26-20-8-16-11-30(12-17(16)9-21(20)27)22(31)18(14-34-13-15-4-2-1-3-5-15)10-25(19-6-7-19)23(32)28-24(33)29-25/h1-5,8-9,18-19H,6-7,10-14H2,(H2,28,29,32,33). The number of carbonyl (C=O) groups excluding carboxylic acids is 3. The maximum absolute atomic E-state index is 13.7. The van der Waals surface area contributed by atoms with Crippen LogP contribution in [0.25, 0.3) is 0 Å². The molecule has 2 unspecified atom stereocenters. The number of imide groups is 1. The van der Waals surface area contributed by atoms with Gasteiger partial charge in [-0.1, -0.05) is 53.5 Å². The van der Waals surface area contributed by atoms with E-state index >= 15 is 0 Å². The highest BCUT2D eigenvalue weighted by Gasteiger charge is 2.57. The van der Waals surface area contributed by atoms with Gasteiger partial charge in [0.15, 0.2) is 0 Å². The maximum atomic E-state index is 13.7. The number of carbonyl (C=O) groups is 3. The summed E-state index contributed by atoms with van der Waals surface area (Å²) in [4.78, 5) is 40.3.